The van der Waals surface area contributed by atoms with E-state index in [9.17, 15) is 0 Å². The van der Waals surface area contributed by atoms with E-state index in [-0.39, 0.29) is 0 Å². The van der Waals surface area contributed by atoms with Gasteiger partial charge in [-0.25, -0.2) is 0 Å². The minimum atomic E-state index is 0.372. The van der Waals surface area contributed by atoms with Crippen LogP contribution < -0.4 is 4.90 Å². The molecule has 0 radical (unpaired) electrons. The fourth-order valence-electron chi connectivity index (χ4n) is 8.75. The molecule has 1 aliphatic carbocycles. The van der Waals surface area contributed by atoms with E-state index in [0.717, 1.165) is 17.1 Å². The van der Waals surface area contributed by atoms with Crippen LogP contribution in [0.15, 0.2) is 218 Å². The summed E-state index contributed by atoms with van der Waals surface area (Å²) >= 11 is 0. The Labute approximate surface area is 329 Å². The Balaban J connectivity index is 1.12. The summed E-state index contributed by atoms with van der Waals surface area (Å²) in [5, 5.41) is 7.58. The Kier molecular flexibility index (Phi) is 8.61. The van der Waals surface area contributed by atoms with Crippen LogP contribution in [0.5, 0.6) is 0 Å². The number of anilines is 3. The van der Waals surface area contributed by atoms with E-state index in [0.29, 0.717) is 11.8 Å². The molecule has 2 atom stereocenters. The standard InChI is InChI=1S/C55H41N/c1-38-14-5-7-22-48(38)41-30-34-46(35-31-41)56(45-32-28-40(29-33-45)39-15-3-2-4-16-39)47-21-11-20-43(36-47)50-26-12-18-42-19-13-27-53(55(42)50)54-37-44-17-6-8-23-49(44)51-24-9-10-25-52(51)54/h2-38,48H,1H3. The van der Waals surface area contributed by atoms with Crippen molar-refractivity contribution in [2.45, 2.75) is 12.8 Å². The summed E-state index contributed by atoms with van der Waals surface area (Å²) in [6, 6.07) is 71.3. The highest BCUT2D eigenvalue weighted by molar-refractivity contribution is 6.18. The van der Waals surface area contributed by atoms with Crippen LogP contribution in [0, 0.1) is 5.92 Å². The highest BCUT2D eigenvalue weighted by Crippen LogP contribution is 2.44. The van der Waals surface area contributed by atoms with Crippen LogP contribution >= 0.6 is 0 Å². The summed E-state index contributed by atoms with van der Waals surface area (Å²) < 4.78 is 0. The predicted molar refractivity (Wildman–Crippen MR) is 240 cm³/mol. The third-order valence-corrected chi connectivity index (χ3v) is 11.6. The quantitative estimate of drug-likeness (QED) is 0.149. The van der Waals surface area contributed by atoms with Crippen LogP contribution in [0.25, 0.3) is 65.7 Å². The van der Waals surface area contributed by atoms with Gasteiger partial charge < -0.3 is 4.90 Å². The first kappa shape index (κ1) is 33.6. The van der Waals surface area contributed by atoms with Gasteiger partial charge in [-0.05, 0) is 120 Å². The Morgan fingerprint density at radius 2 is 0.964 bits per heavy atom. The van der Waals surface area contributed by atoms with Crippen LogP contribution in [0.2, 0.25) is 0 Å². The SMILES string of the molecule is CC1C=CC=CC1c1ccc(N(c2ccc(-c3ccccc3)cc2)c2cccc(-c3cccc4cccc(-c5cc6ccccc6c6ccccc56)c34)c2)cc1. The third-order valence-electron chi connectivity index (χ3n) is 11.6. The predicted octanol–water partition coefficient (Wildman–Crippen LogP) is 15.5. The van der Waals surface area contributed by atoms with Gasteiger partial charge in [0.15, 0.2) is 0 Å². The van der Waals surface area contributed by atoms with Crippen molar-refractivity contribution in [2.24, 2.45) is 5.92 Å². The summed E-state index contributed by atoms with van der Waals surface area (Å²) in [4.78, 5) is 2.39. The molecule has 0 heterocycles. The van der Waals surface area contributed by atoms with E-state index < -0.39 is 0 Å². The average Bonchev–Trinajstić information content (AvgIpc) is 3.27. The molecule has 0 fully saturated rings. The number of allylic oxidation sites excluding steroid dienone is 4. The minimum absolute atomic E-state index is 0.372. The number of hydrogen-bond acceptors (Lipinski definition) is 1. The Bertz CT molecular complexity index is 2910. The monoisotopic (exact) mass is 715 g/mol. The van der Waals surface area contributed by atoms with Gasteiger partial charge >= 0.3 is 0 Å². The lowest BCUT2D eigenvalue weighted by molar-refractivity contribution is 0.635. The molecule has 56 heavy (non-hydrogen) atoms. The molecule has 1 heteroatoms. The zero-order valence-electron chi connectivity index (χ0n) is 31.4. The van der Waals surface area contributed by atoms with Gasteiger partial charge in [0.2, 0.25) is 0 Å². The molecule has 9 aromatic rings. The van der Waals surface area contributed by atoms with Gasteiger partial charge in [0.25, 0.3) is 0 Å². The summed E-state index contributed by atoms with van der Waals surface area (Å²) in [5.74, 6) is 0.832. The molecular weight excluding hydrogens is 675 g/mol. The van der Waals surface area contributed by atoms with Crippen molar-refractivity contribution in [3.8, 4) is 33.4 Å². The first-order valence-electron chi connectivity index (χ1n) is 19.6. The van der Waals surface area contributed by atoms with Crippen molar-refractivity contribution in [3.63, 3.8) is 0 Å². The molecule has 0 saturated heterocycles. The van der Waals surface area contributed by atoms with Crippen molar-refractivity contribution in [1.29, 1.82) is 0 Å². The Morgan fingerprint density at radius 1 is 0.375 bits per heavy atom. The minimum Gasteiger partial charge on any atom is -0.310 e. The lowest BCUT2D eigenvalue weighted by Gasteiger charge is -2.27. The lowest BCUT2D eigenvalue weighted by Crippen LogP contribution is -2.11. The highest BCUT2D eigenvalue weighted by Gasteiger charge is 2.20. The lowest BCUT2D eigenvalue weighted by atomic mass is 9.84. The maximum atomic E-state index is 2.39. The van der Waals surface area contributed by atoms with E-state index in [1.54, 1.807) is 0 Å². The first-order valence-corrected chi connectivity index (χ1v) is 19.6. The number of hydrogen-bond donors (Lipinski definition) is 0. The molecule has 2 unspecified atom stereocenters. The Morgan fingerprint density at radius 3 is 1.73 bits per heavy atom. The van der Waals surface area contributed by atoms with E-state index in [1.807, 2.05) is 0 Å². The molecule has 1 aliphatic rings. The van der Waals surface area contributed by atoms with Gasteiger partial charge in [-0.1, -0.05) is 183 Å². The van der Waals surface area contributed by atoms with Crippen molar-refractivity contribution in [3.05, 3.63) is 224 Å². The molecule has 0 spiro atoms. The van der Waals surface area contributed by atoms with Crippen molar-refractivity contribution >= 4 is 49.4 Å². The smallest absolute Gasteiger partial charge is 0.0467 e. The van der Waals surface area contributed by atoms with E-state index in [4.69, 9.17) is 0 Å². The van der Waals surface area contributed by atoms with E-state index in [1.165, 1.54) is 71.3 Å². The van der Waals surface area contributed by atoms with Crippen molar-refractivity contribution in [1.82, 2.24) is 0 Å². The largest absolute Gasteiger partial charge is 0.310 e. The van der Waals surface area contributed by atoms with Gasteiger partial charge in [0.05, 0.1) is 0 Å². The zero-order chi connectivity index (χ0) is 37.4. The highest BCUT2D eigenvalue weighted by atomic mass is 15.1. The number of rotatable bonds is 7. The molecule has 9 aromatic carbocycles. The van der Waals surface area contributed by atoms with Gasteiger partial charge in [0.1, 0.15) is 0 Å². The van der Waals surface area contributed by atoms with Crippen LogP contribution in [0.1, 0.15) is 18.4 Å². The number of fused-ring (bicyclic) bond motifs is 4. The van der Waals surface area contributed by atoms with Crippen LogP contribution in [-0.2, 0) is 0 Å². The van der Waals surface area contributed by atoms with Crippen molar-refractivity contribution in [2.75, 3.05) is 4.90 Å². The number of nitrogens with zero attached hydrogens (tertiary/aromatic N) is 1. The normalized spacial score (nSPS) is 15.1. The maximum Gasteiger partial charge on any atom is 0.0467 e. The Hall–Kier alpha value is -6.96. The van der Waals surface area contributed by atoms with Gasteiger partial charge in [-0.2, -0.15) is 0 Å². The van der Waals surface area contributed by atoms with Crippen molar-refractivity contribution < 1.29 is 0 Å². The molecule has 10 rings (SSSR count). The second-order valence-corrected chi connectivity index (χ2v) is 14.9. The second-order valence-electron chi connectivity index (χ2n) is 14.9. The molecule has 0 N–H and O–H groups in total. The topological polar surface area (TPSA) is 3.24 Å². The second kappa shape index (κ2) is 14.4. The van der Waals surface area contributed by atoms with E-state index in [2.05, 4.69) is 230 Å². The molecule has 0 saturated carbocycles. The molecule has 0 aliphatic heterocycles. The average molecular weight is 716 g/mol. The zero-order valence-corrected chi connectivity index (χ0v) is 31.4. The molecular formula is C55H41N. The van der Waals surface area contributed by atoms with Gasteiger partial charge in [0, 0.05) is 23.0 Å². The molecule has 0 bridgehead atoms. The molecule has 0 amide bonds. The van der Waals surface area contributed by atoms with Gasteiger partial charge in [-0.3, -0.25) is 0 Å². The van der Waals surface area contributed by atoms with Crippen LogP contribution in [0.3, 0.4) is 0 Å². The fraction of sp³-hybridized carbons (Fsp3) is 0.0545. The van der Waals surface area contributed by atoms with Crippen LogP contribution in [-0.4, -0.2) is 0 Å². The van der Waals surface area contributed by atoms with Crippen LogP contribution in [0.4, 0.5) is 17.1 Å². The third kappa shape index (κ3) is 6.08. The maximum absolute atomic E-state index is 2.39. The fourth-order valence-corrected chi connectivity index (χ4v) is 8.75. The van der Waals surface area contributed by atoms with E-state index >= 15 is 0 Å². The first-order chi connectivity index (χ1) is 27.7. The summed E-state index contributed by atoms with van der Waals surface area (Å²) in [5.41, 5.74) is 12.0. The summed E-state index contributed by atoms with van der Waals surface area (Å²) in [7, 11) is 0. The molecule has 1 nitrogen and oxygen atoms in total. The van der Waals surface area contributed by atoms with Gasteiger partial charge in [-0.15, -0.1) is 0 Å². The molecule has 0 aromatic heterocycles. The number of benzene rings is 9. The summed E-state index contributed by atoms with van der Waals surface area (Å²) in [6.07, 6.45) is 8.95. The summed E-state index contributed by atoms with van der Waals surface area (Å²) in [6.45, 7) is 2.30. The molecule has 266 valence electrons.